The maximum atomic E-state index is 12.8. The highest BCUT2D eigenvalue weighted by Gasteiger charge is 2.45. The molecule has 2 aliphatic heterocycles. The van der Waals surface area contributed by atoms with Crippen LogP contribution in [0.15, 0.2) is 18.2 Å². The average molecular weight is 377 g/mol. The van der Waals surface area contributed by atoms with Crippen molar-refractivity contribution >= 4 is 11.9 Å². The fourth-order valence-electron chi connectivity index (χ4n) is 3.47. The lowest BCUT2D eigenvalue weighted by Gasteiger charge is -2.44. The molecule has 0 unspecified atom stereocenters. The van der Waals surface area contributed by atoms with E-state index in [9.17, 15) is 9.59 Å². The number of nitrogens with zero attached hydrogens (tertiary/aromatic N) is 1. The maximum Gasteiger partial charge on any atom is 0.410 e. The Bertz CT molecular complexity index is 716. The molecule has 27 heavy (non-hydrogen) atoms. The molecule has 1 fully saturated rings. The Kier molecular flexibility index (Phi) is 5.33. The van der Waals surface area contributed by atoms with Gasteiger partial charge in [-0.25, -0.2) is 4.79 Å². The van der Waals surface area contributed by atoms with Crippen LogP contribution in [0.4, 0.5) is 4.79 Å². The minimum Gasteiger partial charge on any atom is -0.486 e. The maximum absolute atomic E-state index is 12.8. The first-order valence-electron chi connectivity index (χ1n) is 9.18. The van der Waals surface area contributed by atoms with Crippen molar-refractivity contribution < 1.29 is 28.5 Å². The fraction of sp³-hybridized carbons (Fsp3) is 0.600. The van der Waals surface area contributed by atoms with Crippen LogP contribution < -0.4 is 9.47 Å². The molecular formula is C20H27NO6. The third-order valence-corrected chi connectivity index (χ3v) is 4.73. The monoisotopic (exact) mass is 377 g/mol. The van der Waals surface area contributed by atoms with Crippen LogP contribution in [0.3, 0.4) is 0 Å². The van der Waals surface area contributed by atoms with Gasteiger partial charge in [0.25, 0.3) is 0 Å². The SMILES string of the molecule is COCOc1cccc2c1C(=O)CC1(CCN(C(=O)OC(C)(C)C)CC1)O2. The normalized spacial score (nSPS) is 18.7. The van der Waals surface area contributed by atoms with E-state index in [0.29, 0.717) is 43.0 Å². The number of piperidine rings is 1. The van der Waals surface area contributed by atoms with Crippen molar-refractivity contribution in [1.29, 1.82) is 0 Å². The Balaban J connectivity index is 1.71. The predicted molar refractivity (Wildman–Crippen MR) is 98.3 cm³/mol. The van der Waals surface area contributed by atoms with Gasteiger partial charge in [0.05, 0.1) is 6.42 Å². The highest BCUT2D eigenvalue weighted by atomic mass is 16.7. The third-order valence-electron chi connectivity index (χ3n) is 4.73. The number of hydrogen-bond donors (Lipinski definition) is 0. The molecular weight excluding hydrogens is 350 g/mol. The zero-order valence-electron chi connectivity index (χ0n) is 16.4. The van der Waals surface area contributed by atoms with Crippen molar-refractivity contribution in [3.63, 3.8) is 0 Å². The molecule has 7 heteroatoms. The number of ketones is 1. The van der Waals surface area contributed by atoms with Crippen LogP contribution in [0, 0.1) is 0 Å². The van der Waals surface area contributed by atoms with Crippen LogP contribution in [0.1, 0.15) is 50.4 Å². The number of hydrogen-bond acceptors (Lipinski definition) is 6. The molecule has 2 aliphatic rings. The molecule has 1 aromatic carbocycles. The number of ether oxygens (including phenoxy) is 4. The van der Waals surface area contributed by atoms with Crippen molar-refractivity contribution in [2.75, 3.05) is 27.0 Å². The second-order valence-corrected chi connectivity index (χ2v) is 8.03. The van der Waals surface area contributed by atoms with E-state index < -0.39 is 11.2 Å². The number of Topliss-reactive ketones (excluding diaryl/α,β-unsaturated/α-hetero) is 1. The van der Waals surface area contributed by atoms with Crippen LogP contribution in [-0.4, -0.2) is 55.0 Å². The van der Waals surface area contributed by atoms with Crippen molar-refractivity contribution in [2.24, 2.45) is 0 Å². The van der Waals surface area contributed by atoms with Gasteiger partial charge < -0.3 is 23.8 Å². The molecule has 7 nitrogen and oxygen atoms in total. The Morgan fingerprint density at radius 3 is 2.59 bits per heavy atom. The molecule has 1 aromatic rings. The molecule has 3 rings (SSSR count). The van der Waals surface area contributed by atoms with Crippen LogP contribution >= 0.6 is 0 Å². The molecule has 0 atom stereocenters. The van der Waals surface area contributed by atoms with Gasteiger partial charge in [-0.15, -0.1) is 0 Å². The van der Waals surface area contributed by atoms with Gasteiger partial charge >= 0.3 is 6.09 Å². The van der Waals surface area contributed by atoms with E-state index in [-0.39, 0.29) is 25.1 Å². The summed E-state index contributed by atoms with van der Waals surface area (Å²) in [5.74, 6) is 1.000. The average Bonchev–Trinajstić information content (AvgIpc) is 2.58. The van der Waals surface area contributed by atoms with E-state index in [1.165, 1.54) is 7.11 Å². The fourth-order valence-corrected chi connectivity index (χ4v) is 3.47. The quantitative estimate of drug-likeness (QED) is 0.752. The van der Waals surface area contributed by atoms with Gasteiger partial charge in [-0.2, -0.15) is 0 Å². The summed E-state index contributed by atoms with van der Waals surface area (Å²) < 4.78 is 22.1. The smallest absolute Gasteiger partial charge is 0.410 e. The van der Waals surface area contributed by atoms with Crippen LogP contribution in [0.2, 0.25) is 0 Å². The third kappa shape index (κ3) is 4.35. The minimum absolute atomic E-state index is 0.00586. The molecule has 0 aromatic heterocycles. The number of likely N-dealkylation sites (tertiary alicyclic amines) is 1. The standard InChI is InChI=1S/C20H27NO6/c1-19(2,3)27-18(23)21-10-8-20(9-11-21)12-14(22)17-15(25-13-24-4)6-5-7-16(17)26-20/h5-7H,8-13H2,1-4H3. The number of carbonyl (C=O) groups is 2. The second-order valence-electron chi connectivity index (χ2n) is 8.03. The zero-order chi connectivity index (χ0) is 19.7. The van der Waals surface area contributed by atoms with Crippen molar-refractivity contribution in [1.82, 2.24) is 4.90 Å². The van der Waals surface area contributed by atoms with Crippen molar-refractivity contribution in [3.05, 3.63) is 23.8 Å². The van der Waals surface area contributed by atoms with Gasteiger partial charge in [-0.3, -0.25) is 4.79 Å². The van der Waals surface area contributed by atoms with Gasteiger partial charge in [0, 0.05) is 33.0 Å². The molecule has 148 valence electrons. The van der Waals surface area contributed by atoms with E-state index in [4.69, 9.17) is 18.9 Å². The number of methoxy groups -OCH3 is 1. The summed E-state index contributed by atoms with van der Waals surface area (Å²) in [6, 6.07) is 5.32. The van der Waals surface area contributed by atoms with E-state index in [2.05, 4.69) is 0 Å². The Labute approximate surface area is 159 Å². The molecule has 1 amide bonds. The van der Waals surface area contributed by atoms with E-state index >= 15 is 0 Å². The van der Waals surface area contributed by atoms with Gasteiger partial charge in [0.1, 0.15) is 28.3 Å². The molecule has 2 heterocycles. The largest absolute Gasteiger partial charge is 0.486 e. The van der Waals surface area contributed by atoms with Gasteiger partial charge in [-0.1, -0.05) is 6.07 Å². The zero-order valence-corrected chi connectivity index (χ0v) is 16.4. The lowest BCUT2D eigenvalue weighted by Crippen LogP contribution is -2.53. The first-order valence-corrected chi connectivity index (χ1v) is 9.18. The number of rotatable bonds is 3. The molecule has 0 bridgehead atoms. The second kappa shape index (κ2) is 7.38. The first kappa shape index (κ1) is 19.5. The summed E-state index contributed by atoms with van der Waals surface area (Å²) in [5, 5.41) is 0. The number of fused-ring (bicyclic) bond motifs is 1. The Morgan fingerprint density at radius 1 is 1.26 bits per heavy atom. The molecule has 0 N–H and O–H groups in total. The van der Waals surface area contributed by atoms with Crippen molar-refractivity contribution in [3.8, 4) is 11.5 Å². The van der Waals surface area contributed by atoms with Gasteiger partial charge in [0.15, 0.2) is 12.6 Å². The Morgan fingerprint density at radius 2 is 1.96 bits per heavy atom. The summed E-state index contributed by atoms with van der Waals surface area (Å²) >= 11 is 0. The topological polar surface area (TPSA) is 74.3 Å². The number of carbonyl (C=O) groups excluding carboxylic acids is 2. The first-order chi connectivity index (χ1) is 12.7. The van der Waals surface area contributed by atoms with Crippen molar-refractivity contribution in [2.45, 2.75) is 51.2 Å². The molecule has 0 aliphatic carbocycles. The minimum atomic E-state index is -0.581. The van der Waals surface area contributed by atoms with E-state index in [1.807, 2.05) is 20.8 Å². The summed E-state index contributed by atoms with van der Waals surface area (Å²) in [7, 11) is 1.53. The summed E-state index contributed by atoms with van der Waals surface area (Å²) in [4.78, 5) is 26.8. The highest BCUT2D eigenvalue weighted by molar-refractivity contribution is 6.03. The summed E-state index contributed by atoms with van der Waals surface area (Å²) in [6.45, 7) is 6.60. The predicted octanol–water partition coefficient (Wildman–Crippen LogP) is 3.40. The summed E-state index contributed by atoms with van der Waals surface area (Å²) in [5.41, 5.74) is -0.640. The summed E-state index contributed by atoms with van der Waals surface area (Å²) in [6.07, 6.45) is 1.12. The van der Waals surface area contributed by atoms with E-state index in [1.54, 1.807) is 23.1 Å². The molecule has 0 saturated carbocycles. The molecule has 1 saturated heterocycles. The van der Waals surface area contributed by atoms with Gasteiger partial charge in [-0.05, 0) is 32.9 Å². The Hall–Kier alpha value is -2.28. The lowest BCUT2D eigenvalue weighted by molar-refractivity contribution is -0.0231. The number of benzene rings is 1. The molecule has 0 radical (unpaired) electrons. The lowest BCUT2D eigenvalue weighted by atomic mass is 9.82. The number of amides is 1. The van der Waals surface area contributed by atoms with Crippen LogP contribution in [0.5, 0.6) is 11.5 Å². The van der Waals surface area contributed by atoms with E-state index in [0.717, 1.165) is 0 Å². The molecule has 1 spiro atoms. The van der Waals surface area contributed by atoms with Crippen LogP contribution in [0.25, 0.3) is 0 Å². The van der Waals surface area contributed by atoms with Gasteiger partial charge in [0.2, 0.25) is 0 Å². The highest BCUT2D eigenvalue weighted by Crippen LogP contribution is 2.42. The van der Waals surface area contributed by atoms with Crippen LogP contribution in [-0.2, 0) is 9.47 Å².